The Morgan fingerprint density at radius 3 is 2.36 bits per heavy atom. The van der Waals surface area contributed by atoms with Gasteiger partial charge in [-0.3, -0.25) is 9.78 Å². The predicted molar refractivity (Wildman–Crippen MR) is 82.9 cm³/mol. The van der Waals surface area contributed by atoms with Gasteiger partial charge in [0.2, 0.25) is 0 Å². The average Bonchev–Trinajstić information content (AvgIpc) is 2.61. The second-order valence-electron chi connectivity index (χ2n) is 4.71. The van der Waals surface area contributed by atoms with E-state index in [1.54, 1.807) is 24.5 Å². The molecule has 108 valence electrons. The van der Waals surface area contributed by atoms with E-state index in [-0.39, 0.29) is 5.91 Å². The summed E-state index contributed by atoms with van der Waals surface area (Å²) in [5.41, 5.74) is 3.00. The van der Waals surface area contributed by atoms with Crippen LogP contribution in [0.25, 0.3) is 11.3 Å². The molecule has 1 N–H and O–H groups in total. The Kier molecular flexibility index (Phi) is 4.15. The molecule has 1 aromatic carbocycles. The normalized spacial score (nSPS) is 10.2. The van der Waals surface area contributed by atoms with Crippen molar-refractivity contribution in [3.63, 3.8) is 0 Å². The number of aromatic nitrogens is 3. The third-order valence-electron chi connectivity index (χ3n) is 3.17. The SMILES string of the molecule is O=C(NCc1ccncc1)c1ccc(-c2ccccc2)nn1. The van der Waals surface area contributed by atoms with Gasteiger partial charge in [0, 0.05) is 24.5 Å². The molecule has 1 amide bonds. The Bertz CT molecular complexity index is 743. The fraction of sp³-hybridized carbons (Fsp3) is 0.0588. The molecule has 5 nitrogen and oxygen atoms in total. The predicted octanol–water partition coefficient (Wildman–Crippen LogP) is 2.47. The molecule has 0 unspecified atom stereocenters. The van der Waals surface area contributed by atoms with E-state index in [1.807, 2.05) is 42.5 Å². The quantitative estimate of drug-likeness (QED) is 0.801. The lowest BCUT2D eigenvalue weighted by molar-refractivity contribution is 0.0945. The maximum Gasteiger partial charge on any atom is 0.272 e. The number of hydrogen-bond acceptors (Lipinski definition) is 4. The van der Waals surface area contributed by atoms with Crippen LogP contribution in [-0.2, 0) is 6.54 Å². The zero-order valence-electron chi connectivity index (χ0n) is 11.8. The minimum Gasteiger partial charge on any atom is -0.347 e. The number of rotatable bonds is 4. The van der Waals surface area contributed by atoms with Crippen LogP contribution >= 0.6 is 0 Å². The van der Waals surface area contributed by atoms with Crippen molar-refractivity contribution in [1.29, 1.82) is 0 Å². The van der Waals surface area contributed by atoms with Crippen molar-refractivity contribution in [3.05, 3.63) is 78.2 Å². The highest BCUT2D eigenvalue weighted by atomic mass is 16.1. The van der Waals surface area contributed by atoms with Gasteiger partial charge in [-0.1, -0.05) is 30.3 Å². The van der Waals surface area contributed by atoms with Gasteiger partial charge < -0.3 is 5.32 Å². The molecular weight excluding hydrogens is 276 g/mol. The number of amides is 1. The molecule has 3 aromatic rings. The summed E-state index contributed by atoms with van der Waals surface area (Å²) in [6.07, 6.45) is 3.38. The van der Waals surface area contributed by atoms with Gasteiger partial charge in [-0.05, 0) is 29.8 Å². The topological polar surface area (TPSA) is 67.8 Å². The molecular formula is C17H14N4O. The number of nitrogens with zero attached hydrogens (tertiary/aromatic N) is 3. The lowest BCUT2D eigenvalue weighted by Gasteiger charge is -2.05. The Labute approximate surface area is 128 Å². The van der Waals surface area contributed by atoms with Crippen LogP contribution in [-0.4, -0.2) is 21.1 Å². The highest BCUT2D eigenvalue weighted by Gasteiger charge is 2.08. The molecule has 0 aliphatic carbocycles. The summed E-state index contributed by atoms with van der Waals surface area (Å²) in [6.45, 7) is 0.434. The molecule has 0 atom stereocenters. The molecule has 0 aliphatic rings. The minimum atomic E-state index is -0.246. The highest BCUT2D eigenvalue weighted by Crippen LogP contribution is 2.14. The van der Waals surface area contributed by atoms with Crippen LogP contribution in [0.1, 0.15) is 16.1 Å². The first-order valence-corrected chi connectivity index (χ1v) is 6.89. The van der Waals surface area contributed by atoms with E-state index in [0.717, 1.165) is 16.8 Å². The van der Waals surface area contributed by atoms with Gasteiger partial charge in [0.1, 0.15) is 0 Å². The van der Waals surface area contributed by atoms with Crippen LogP contribution < -0.4 is 5.32 Å². The summed E-state index contributed by atoms with van der Waals surface area (Å²) in [5.74, 6) is -0.246. The molecule has 0 radical (unpaired) electrons. The second kappa shape index (κ2) is 6.58. The zero-order chi connectivity index (χ0) is 15.2. The number of carbonyl (C=O) groups is 1. The third-order valence-corrected chi connectivity index (χ3v) is 3.17. The first kappa shape index (κ1) is 13.9. The first-order chi connectivity index (χ1) is 10.8. The van der Waals surface area contributed by atoms with Gasteiger partial charge in [-0.15, -0.1) is 10.2 Å². The molecule has 0 fully saturated rings. The lowest BCUT2D eigenvalue weighted by atomic mass is 10.1. The average molecular weight is 290 g/mol. The molecule has 2 aromatic heterocycles. The molecule has 22 heavy (non-hydrogen) atoms. The van der Waals surface area contributed by atoms with Gasteiger partial charge in [0.15, 0.2) is 5.69 Å². The van der Waals surface area contributed by atoms with Crippen LogP contribution in [0.15, 0.2) is 67.0 Å². The van der Waals surface area contributed by atoms with Crippen LogP contribution in [0, 0.1) is 0 Å². The molecule has 0 bridgehead atoms. The van der Waals surface area contributed by atoms with Crippen LogP contribution in [0.2, 0.25) is 0 Å². The Hall–Kier alpha value is -3.08. The Morgan fingerprint density at radius 1 is 0.909 bits per heavy atom. The summed E-state index contributed by atoms with van der Waals surface area (Å²) in [6, 6.07) is 16.9. The maximum absolute atomic E-state index is 12.0. The molecule has 0 spiro atoms. The smallest absolute Gasteiger partial charge is 0.272 e. The van der Waals surface area contributed by atoms with Crippen molar-refractivity contribution in [3.8, 4) is 11.3 Å². The maximum atomic E-state index is 12.0. The van der Waals surface area contributed by atoms with Gasteiger partial charge in [-0.2, -0.15) is 0 Å². The largest absolute Gasteiger partial charge is 0.347 e. The van der Waals surface area contributed by atoms with Gasteiger partial charge in [-0.25, -0.2) is 0 Å². The molecule has 0 saturated carbocycles. The van der Waals surface area contributed by atoms with E-state index in [4.69, 9.17) is 0 Å². The van der Waals surface area contributed by atoms with Gasteiger partial charge >= 0.3 is 0 Å². The second-order valence-corrected chi connectivity index (χ2v) is 4.71. The number of benzene rings is 1. The summed E-state index contributed by atoms with van der Waals surface area (Å²) in [5, 5.41) is 10.9. The standard InChI is InChI=1S/C17H14N4O/c22-17(19-12-13-8-10-18-11-9-13)16-7-6-15(20-21-16)14-4-2-1-3-5-14/h1-11H,12H2,(H,19,22). The van der Waals surface area contributed by atoms with Crippen molar-refractivity contribution in [2.45, 2.75) is 6.54 Å². The van der Waals surface area contributed by atoms with E-state index in [9.17, 15) is 4.79 Å². The summed E-state index contributed by atoms with van der Waals surface area (Å²) < 4.78 is 0. The number of pyridine rings is 1. The van der Waals surface area contributed by atoms with E-state index in [0.29, 0.717) is 12.2 Å². The van der Waals surface area contributed by atoms with E-state index < -0.39 is 0 Å². The van der Waals surface area contributed by atoms with Crippen LogP contribution in [0.5, 0.6) is 0 Å². The minimum absolute atomic E-state index is 0.246. The lowest BCUT2D eigenvalue weighted by Crippen LogP contribution is -2.24. The first-order valence-electron chi connectivity index (χ1n) is 6.89. The van der Waals surface area contributed by atoms with Crippen molar-refractivity contribution < 1.29 is 4.79 Å². The summed E-state index contributed by atoms with van der Waals surface area (Å²) in [7, 11) is 0. The van der Waals surface area contributed by atoms with Crippen molar-refractivity contribution >= 4 is 5.91 Å². The highest BCUT2D eigenvalue weighted by molar-refractivity contribution is 5.92. The monoisotopic (exact) mass is 290 g/mol. The van der Waals surface area contributed by atoms with Gasteiger partial charge in [0.25, 0.3) is 5.91 Å². The summed E-state index contributed by atoms with van der Waals surface area (Å²) in [4.78, 5) is 16.0. The van der Waals surface area contributed by atoms with E-state index in [1.165, 1.54) is 0 Å². The Morgan fingerprint density at radius 2 is 1.68 bits per heavy atom. The van der Waals surface area contributed by atoms with Crippen molar-refractivity contribution in [1.82, 2.24) is 20.5 Å². The summed E-state index contributed by atoms with van der Waals surface area (Å²) >= 11 is 0. The number of hydrogen-bond donors (Lipinski definition) is 1. The fourth-order valence-electron chi connectivity index (χ4n) is 1.99. The number of nitrogens with one attached hydrogen (secondary N) is 1. The van der Waals surface area contributed by atoms with Crippen molar-refractivity contribution in [2.75, 3.05) is 0 Å². The van der Waals surface area contributed by atoms with E-state index >= 15 is 0 Å². The zero-order valence-corrected chi connectivity index (χ0v) is 11.8. The van der Waals surface area contributed by atoms with Gasteiger partial charge in [0.05, 0.1) is 5.69 Å². The Balaban J connectivity index is 1.66. The van der Waals surface area contributed by atoms with Crippen LogP contribution in [0.3, 0.4) is 0 Å². The molecule has 0 saturated heterocycles. The molecule has 3 rings (SSSR count). The third kappa shape index (κ3) is 3.32. The van der Waals surface area contributed by atoms with E-state index in [2.05, 4.69) is 20.5 Å². The molecule has 0 aliphatic heterocycles. The van der Waals surface area contributed by atoms with Crippen molar-refractivity contribution in [2.24, 2.45) is 0 Å². The number of carbonyl (C=O) groups excluding carboxylic acids is 1. The fourth-order valence-corrected chi connectivity index (χ4v) is 1.99. The van der Waals surface area contributed by atoms with Crippen LogP contribution in [0.4, 0.5) is 0 Å². The molecule has 2 heterocycles. The molecule has 5 heteroatoms.